The first kappa shape index (κ1) is 14.0. The second-order valence-corrected chi connectivity index (χ2v) is 6.88. The predicted octanol–water partition coefficient (Wildman–Crippen LogP) is 3.16. The van der Waals surface area contributed by atoms with Crippen LogP contribution in [0.15, 0.2) is 36.4 Å². The van der Waals surface area contributed by atoms with Crippen LogP contribution < -0.4 is 4.90 Å². The second kappa shape index (κ2) is 5.58. The van der Waals surface area contributed by atoms with Gasteiger partial charge in [0.2, 0.25) is 0 Å². The third-order valence-electron chi connectivity index (χ3n) is 5.33. The van der Waals surface area contributed by atoms with Crippen molar-refractivity contribution in [2.75, 3.05) is 18.0 Å². The normalized spacial score (nSPS) is 20.5. The highest BCUT2D eigenvalue weighted by molar-refractivity contribution is 5.80. The van der Waals surface area contributed by atoms with Gasteiger partial charge in [-0.05, 0) is 37.5 Å². The van der Waals surface area contributed by atoms with Crippen molar-refractivity contribution in [2.24, 2.45) is 0 Å². The first-order valence-corrected chi connectivity index (χ1v) is 8.91. The van der Waals surface area contributed by atoms with Crippen LogP contribution in [0.4, 0.5) is 5.82 Å². The summed E-state index contributed by atoms with van der Waals surface area (Å²) in [6.07, 6.45) is 4.67. The van der Waals surface area contributed by atoms with E-state index in [1.165, 1.54) is 36.3 Å². The molecule has 24 heavy (non-hydrogen) atoms. The van der Waals surface area contributed by atoms with Crippen molar-refractivity contribution in [3.05, 3.63) is 48.0 Å². The summed E-state index contributed by atoms with van der Waals surface area (Å²) in [4.78, 5) is 7.28. The van der Waals surface area contributed by atoms with Gasteiger partial charge in [-0.25, -0.2) is 4.98 Å². The fraction of sp³-hybridized carbons (Fsp3) is 0.421. The van der Waals surface area contributed by atoms with Gasteiger partial charge in [0.15, 0.2) is 0 Å². The molecule has 1 unspecified atom stereocenters. The maximum atomic E-state index is 4.87. The van der Waals surface area contributed by atoms with Crippen LogP contribution in [0, 0.1) is 0 Å². The van der Waals surface area contributed by atoms with E-state index >= 15 is 0 Å². The third kappa shape index (κ3) is 2.27. The fourth-order valence-electron chi connectivity index (χ4n) is 4.10. The molecular formula is C19H21N5. The van der Waals surface area contributed by atoms with E-state index in [1.54, 1.807) is 0 Å². The summed E-state index contributed by atoms with van der Waals surface area (Å²) < 4.78 is 2.35. The van der Waals surface area contributed by atoms with Crippen LogP contribution in [0.5, 0.6) is 0 Å². The van der Waals surface area contributed by atoms with Crippen molar-refractivity contribution in [1.29, 1.82) is 0 Å². The fourth-order valence-corrected chi connectivity index (χ4v) is 4.10. The molecule has 5 rings (SSSR count). The zero-order chi connectivity index (χ0) is 15.9. The molecule has 5 heteroatoms. The first-order chi connectivity index (χ1) is 11.9. The molecule has 0 N–H and O–H groups in total. The maximum absolute atomic E-state index is 4.87. The summed E-state index contributed by atoms with van der Waals surface area (Å²) >= 11 is 0. The predicted molar refractivity (Wildman–Crippen MR) is 94.3 cm³/mol. The molecule has 2 aliphatic heterocycles. The molecule has 0 spiro atoms. The van der Waals surface area contributed by atoms with Crippen LogP contribution in [0.3, 0.4) is 0 Å². The molecule has 1 fully saturated rings. The highest BCUT2D eigenvalue weighted by Crippen LogP contribution is 2.30. The Kier molecular flexibility index (Phi) is 3.25. The van der Waals surface area contributed by atoms with Crippen LogP contribution in [-0.4, -0.2) is 32.8 Å². The number of fused-ring (bicyclic) bond motifs is 2. The van der Waals surface area contributed by atoms with Crippen molar-refractivity contribution in [3.63, 3.8) is 0 Å². The summed E-state index contributed by atoms with van der Waals surface area (Å²) in [6, 6.07) is 12.6. The molecule has 122 valence electrons. The highest BCUT2D eigenvalue weighted by Gasteiger charge is 2.28. The Balaban J connectivity index is 1.43. The summed E-state index contributed by atoms with van der Waals surface area (Å²) in [5.74, 6) is 3.91. The Labute approximate surface area is 141 Å². The van der Waals surface area contributed by atoms with E-state index in [0.29, 0.717) is 5.92 Å². The van der Waals surface area contributed by atoms with Gasteiger partial charge >= 0.3 is 0 Å². The smallest absolute Gasteiger partial charge is 0.137 e. The van der Waals surface area contributed by atoms with Gasteiger partial charge in [-0.2, -0.15) is 0 Å². The SMILES string of the molecule is c1ccc2nc(N3CCCC(c4nnc5n4CCC5)C3)ccc2c1. The van der Waals surface area contributed by atoms with Gasteiger partial charge in [0.05, 0.1) is 5.52 Å². The monoisotopic (exact) mass is 319 g/mol. The van der Waals surface area contributed by atoms with Crippen LogP contribution in [0.25, 0.3) is 10.9 Å². The Morgan fingerprint density at radius 2 is 1.92 bits per heavy atom. The Bertz CT molecular complexity index is 884. The number of hydrogen-bond acceptors (Lipinski definition) is 4. The van der Waals surface area contributed by atoms with Crippen molar-refractivity contribution >= 4 is 16.7 Å². The summed E-state index contributed by atoms with van der Waals surface area (Å²) in [5.41, 5.74) is 1.07. The molecular weight excluding hydrogens is 298 g/mol. The van der Waals surface area contributed by atoms with Crippen molar-refractivity contribution in [1.82, 2.24) is 19.7 Å². The van der Waals surface area contributed by atoms with E-state index in [-0.39, 0.29) is 0 Å². The lowest BCUT2D eigenvalue weighted by atomic mass is 9.97. The number of pyridine rings is 1. The quantitative estimate of drug-likeness (QED) is 0.728. The number of para-hydroxylation sites is 1. The van der Waals surface area contributed by atoms with Gasteiger partial charge in [-0.1, -0.05) is 18.2 Å². The molecule has 1 aromatic carbocycles. The number of piperidine rings is 1. The minimum absolute atomic E-state index is 0.464. The van der Waals surface area contributed by atoms with Crippen molar-refractivity contribution < 1.29 is 0 Å². The topological polar surface area (TPSA) is 46.8 Å². The van der Waals surface area contributed by atoms with Crippen molar-refractivity contribution in [3.8, 4) is 0 Å². The Morgan fingerprint density at radius 3 is 2.92 bits per heavy atom. The molecule has 2 aliphatic rings. The lowest BCUT2D eigenvalue weighted by molar-refractivity contribution is 0.471. The van der Waals surface area contributed by atoms with E-state index < -0.39 is 0 Å². The van der Waals surface area contributed by atoms with Gasteiger partial charge in [0.25, 0.3) is 0 Å². The van der Waals surface area contributed by atoms with E-state index in [9.17, 15) is 0 Å². The summed E-state index contributed by atoms with van der Waals surface area (Å²) in [5, 5.41) is 10.1. The first-order valence-electron chi connectivity index (χ1n) is 8.91. The van der Waals surface area contributed by atoms with Crippen LogP contribution in [-0.2, 0) is 13.0 Å². The maximum Gasteiger partial charge on any atom is 0.137 e. The Morgan fingerprint density at radius 1 is 0.958 bits per heavy atom. The minimum Gasteiger partial charge on any atom is -0.356 e. The number of nitrogens with zero attached hydrogens (tertiary/aromatic N) is 5. The molecule has 0 radical (unpaired) electrons. The van der Waals surface area contributed by atoms with Crippen LogP contribution >= 0.6 is 0 Å². The number of benzene rings is 1. The molecule has 0 bridgehead atoms. The molecule has 1 saturated heterocycles. The van der Waals surface area contributed by atoms with E-state index in [4.69, 9.17) is 4.98 Å². The number of rotatable bonds is 2. The average Bonchev–Trinajstić information content (AvgIpc) is 3.25. The molecule has 0 amide bonds. The van der Waals surface area contributed by atoms with E-state index in [1.807, 2.05) is 0 Å². The minimum atomic E-state index is 0.464. The molecule has 3 aromatic rings. The third-order valence-corrected chi connectivity index (χ3v) is 5.33. The Hall–Kier alpha value is -2.43. The lowest BCUT2D eigenvalue weighted by Gasteiger charge is -2.33. The average molecular weight is 319 g/mol. The zero-order valence-electron chi connectivity index (χ0n) is 13.7. The van der Waals surface area contributed by atoms with Crippen LogP contribution in [0.2, 0.25) is 0 Å². The van der Waals surface area contributed by atoms with Gasteiger partial charge < -0.3 is 9.47 Å². The van der Waals surface area contributed by atoms with Gasteiger partial charge in [0.1, 0.15) is 17.5 Å². The molecule has 2 aromatic heterocycles. The number of hydrogen-bond donors (Lipinski definition) is 0. The molecule has 1 atom stereocenters. The van der Waals surface area contributed by atoms with E-state index in [0.717, 1.165) is 37.4 Å². The summed E-state index contributed by atoms with van der Waals surface area (Å²) in [7, 11) is 0. The number of aryl methyl sites for hydroxylation is 1. The van der Waals surface area contributed by atoms with E-state index in [2.05, 4.69) is 56.1 Å². The molecule has 0 aliphatic carbocycles. The number of aromatic nitrogens is 4. The second-order valence-electron chi connectivity index (χ2n) is 6.88. The molecule has 5 nitrogen and oxygen atoms in total. The van der Waals surface area contributed by atoms with Crippen LogP contribution in [0.1, 0.15) is 36.8 Å². The van der Waals surface area contributed by atoms with Gasteiger partial charge in [0, 0.05) is 37.4 Å². The standard InChI is InChI=1S/C19H21N5/c1-2-7-16-14(5-1)9-10-17(20-16)23-11-3-6-15(13-23)19-22-21-18-8-4-12-24(18)19/h1-2,5,7,9-10,15H,3-4,6,8,11-13H2. The molecule has 4 heterocycles. The summed E-state index contributed by atoms with van der Waals surface area (Å²) in [6.45, 7) is 3.15. The zero-order valence-corrected chi connectivity index (χ0v) is 13.7. The highest BCUT2D eigenvalue weighted by atomic mass is 15.3. The van der Waals surface area contributed by atoms with Gasteiger partial charge in [-0.15, -0.1) is 10.2 Å². The van der Waals surface area contributed by atoms with Gasteiger partial charge in [-0.3, -0.25) is 0 Å². The molecule has 0 saturated carbocycles. The largest absolute Gasteiger partial charge is 0.356 e. The van der Waals surface area contributed by atoms with Crippen molar-refractivity contribution in [2.45, 2.75) is 38.1 Å². The lowest BCUT2D eigenvalue weighted by Crippen LogP contribution is -2.35. The number of anilines is 1.